The maximum atomic E-state index is 14.0. The molecular weight excluding hydrogens is 646 g/mol. The average molecular weight is 681 g/mol. The summed E-state index contributed by atoms with van der Waals surface area (Å²) in [6.07, 6.45) is -7.26. The molecule has 0 aliphatic carbocycles. The van der Waals surface area contributed by atoms with Crippen molar-refractivity contribution in [1.82, 2.24) is 24.2 Å². The quantitative estimate of drug-likeness (QED) is 0.165. The van der Waals surface area contributed by atoms with Gasteiger partial charge in [0.05, 0.1) is 57.3 Å². The Morgan fingerprint density at radius 3 is 2.44 bits per heavy atom. The molecule has 0 saturated heterocycles. The summed E-state index contributed by atoms with van der Waals surface area (Å²) in [6, 6.07) is 6.92. The molecule has 10 nitrogen and oxygen atoms in total. The Kier molecular flexibility index (Phi) is 10.0. The van der Waals surface area contributed by atoms with Crippen LogP contribution in [0.3, 0.4) is 0 Å². The van der Waals surface area contributed by atoms with Crippen molar-refractivity contribution in [2.75, 3.05) is 32.2 Å². The van der Waals surface area contributed by atoms with Crippen LogP contribution in [0, 0.1) is 0 Å². The molecule has 5 rings (SSSR count). The first-order valence-electron chi connectivity index (χ1n) is 15.2. The molecule has 1 atom stereocenters. The van der Waals surface area contributed by atoms with Crippen LogP contribution in [0.4, 0.5) is 32.0 Å². The van der Waals surface area contributed by atoms with Crippen LogP contribution in [0.5, 0.6) is 5.75 Å². The number of carbonyl (C=O) groups is 1. The van der Waals surface area contributed by atoms with E-state index in [1.54, 1.807) is 36.1 Å². The summed E-state index contributed by atoms with van der Waals surface area (Å²) in [5, 5.41) is 7.01. The number of rotatable bonds is 11. The number of aromatic nitrogens is 4. The van der Waals surface area contributed by atoms with E-state index >= 15 is 0 Å². The number of aryl methyl sites for hydroxylation is 1. The second-order valence-corrected chi connectivity index (χ2v) is 11.5. The molecule has 0 bridgehead atoms. The summed E-state index contributed by atoms with van der Waals surface area (Å²) < 4.78 is 95.2. The van der Waals surface area contributed by atoms with Gasteiger partial charge in [0.1, 0.15) is 17.0 Å². The van der Waals surface area contributed by atoms with Crippen molar-refractivity contribution >= 4 is 22.6 Å². The van der Waals surface area contributed by atoms with Gasteiger partial charge in [-0.05, 0) is 42.7 Å². The van der Waals surface area contributed by atoms with E-state index in [9.17, 15) is 35.9 Å². The van der Waals surface area contributed by atoms with Crippen LogP contribution >= 0.6 is 0 Å². The number of ether oxygens (including phenoxy) is 2. The number of nitrogens with zero attached hydrogens (tertiary/aromatic N) is 5. The number of hydrogen-bond acceptors (Lipinski definition) is 7. The largest absolute Gasteiger partial charge is 0.497 e. The van der Waals surface area contributed by atoms with Crippen LogP contribution < -0.4 is 15.6 Å². The highest BCUT2D eigenvalue weighted by Gasteiger charge is 2.38. The molecular formula is C32H34F6N6O4. The fourth-order valence-electron chi connectivity index (χ4n) is 5.78. The Bertz CT molecular complexity index is 1830. The van der Waals surface area contributed by atoms with Gasteiger partial charge in [-0.25, -0.2) is 9.67 Å². The second kappa shape index (κ2) is 13.9. The van der Waals surface area contributed by atoms with E-state index in [-0.39, 0.29) is 38.6 Å². The normalized spacial score (nSPS) is 14.2. The average Bonchev–Trinajstić information content (AvgIpc) is 3.35. The van der Waals surface area contributed by atoms with E-state index in [2.05, 4.69) is 15.4 Å². The summed E-state index contributed by atoms with van der Waals surface area (Å²) in [6.45, 7) is 4.04. The number of alkyl halides is 6. The molecule has 16 heteroatoms. The molecule has 1 aliphatic heterocycles. The lowest BCUT2D eigenvalue weighted by Gasteiger charge is -2.29. The molecule has 0 spiro atoms. The van der Waals surface area contributed by atoms with E-state index in [0.717, 1.165) is 28.8 Å². The van der Waals surface area contributed by atoms with E-state index in [0.29, 0.717) is 47.4 Å². The molecule has 0 radical (unpaired) electrons. The zero-order valence-electron chi connectivity index (χ0n) is 26.4. The number of methoxy groups -OCH3 is 1. The Morgan fingerprint density at radius 2 is 1.79 bits per heavy atom. The molecule has 4 aromatic rings. The standard InChI is InChI=1S/C32H34F6N6O4/c1-4-23-24-13-21(31(33,34)35)14-39-29(24)43-11-10-42(17-26(23)43)27(45)9-12-48-18-19(2)41-25-15-40-44(30(46)28(25)32(36,37)38)16-20-5-7-22(47-3)8-6-20/h5-8,13-15,19,41H,4,9-12,16-18H2,1-3H3/t19-/m0/s1. The molecule has 1 aliphatic rings. The van der Waals surface area contributed by atoms with Gasteiger partial charge in [0.15, 0.2) is 0 Å². The molecule has 1 N–H and O–H groups in total. The van der Waals surface area contributed by atoms with Crippen LogP contribution in [-0.2, 0) is 47.9 Å². The zero-order valence-corrected chi connectivity index (χ0v) is 26.4. The SMILES string of the molecule is CCc1c2n(c3ncc(C(F)(F)F)cc13)CCN(C(=O)CCOC[C@H](C)Nc1cnn(Cc3ccc(OC)cc3)c(=O)c1C(F)(F)F)C2. The lowest BCUT2D eigenvalue weighted by atomic mass is 10.1. The topological polar surface area (TPSA) is 104 Å². The molecule has 0 saturated carbocycles. The smallest absolute Gasteiger partial charge is 0.423 e. The van der Waals surface area contributed by atoms with E-state index in [4.69, 9.17) is 9.47 Å². The van der Waals surface area contributed by atoms with Gasteiger partial charge in [0.25, 0.3) is 5.56 Å². The molecule has 0 fully saturated rings. The van der Waals surface area contributed by atoms with Crippen molar-refractivity contribution in [2.45, 2.75) is 64.7 Å². The summed E-state index contributed by atoms with van der Waals surface area (Å²) in [7, 11) is 1.48. The summed E-state index contributed by atoms with van der Waals surface area (Å²) in [5.41, 5.74) is -1.55. The van der Waals surface area contributed by atoms with Crippen molar-refractivity contribution < 1.29 is 40.6 Å². The fraction of sp³-hybridized carbons (Fsp3) is 0.438. The second-order valence-electron chi connectivity index (χ2n) is 11.5. The van der Waals surface area contributed by atoms with Crippen molar-refractivity contribution in [3.05, 3.63) is 81.0 Å². The van der Waals surface area contributed by atoms with Crippen molar-refractivity contribution in [3.63, 3.8) is 0 Å². The summed E-state index contributed by atoms with van der Waals surface area (Å²) >= 11 is 0. The predicted molar refractivity (Wildman–Crippen MR) is 164 cm³/mol. The van der Waals surface area contributed by atoms with Crippen LogP contribution in [0.2, 0.25) is 0 Å². The predicted octanol–water partition coefficient (Wildman–Crippen LogP) is 5.50. The summed E-state index contributed by atoms with van der Waals surface area (Å²) in [5.74, 6) is 0.324. The highest BCUT2D eigenvalue weighted by molar-refractivity contribution is 5.84. The van der Waals surface area contributed by atoms with Crippen molar-refractivity contribution in [3.8, 4) is 5.75 Å². The number of pyridine rings is 1. The maximum Gasteiger partial charge on any atom is 0.423 e. The van der Waals surface area contributed by atoms with Crippen molar-refractivity contribution in [2.24, 2.45) is 0 Å². The first kappa shape index (κ1) is 34.7. The number of fused-ring (bicyclic) bond motifs is 3. The van der Waals surface area contributed by atoms with E-state index < -0.39 is 40.8 Å². The minimum Gasteiger partial charge on any atom is -0.497 e. The van der Waals surface area contributed by atoms with Crippen LogP contribution in [0.25, 0.3) is 11.0 Å². The highest BCUT2D eigenvalue weighted by atomic mass is 19.4. The Hall–Kier alpha value is -4.60. The third-order valence-electron chi connectivity index (χ3n) is 8.14. The first-order chi connectivity index (χ1) is 22.7. The first-order valence-corrected chi connectivity index (χ1v) is 15.2. The van der Waals surface area contributed by atoms with E-state index in [1.165, 1.54) is 7.11 Å². The fourth-order valence-corrected chi connectivity index (χ4v) is 5.78. The highest BCUT2D eigenvalue weighted by Crippen LogP contribution is 2.35. The lowest BCUT2D eigenvalue weighted by Crippen LogP contribution is -2.39. The minimum absolute atomic E-state index is 0.0123. The van der Waals surface area contributed by atoms with Gasteiger partial charge in [-0.3, -0.25) is 9.59 Å². The number of halogens is 6. The number of hydrogen-bond donors (Lipinski definition) is 1. The third kappa shape index (κ3) is 7.42. The van der Waals surface area contributed by atoms with Gasteiger partial charge in [-0.2, -0.15) is 31.4 Å². The number of anilines is 1. The van der Waals surface area contributed by atoms with Gasteiger partial charge in [0.2, 0.25) is 5.91 Å². The Labute approximate surface area is 271 Å². The van der Waals surface area contributed by atoms with Gasteiger partial charge in [-0.15, -0.1) is 0 Å². The third-order valence-corrected chi connectivity index (χ3v) is 8.14. The van der Waals surface area contributed by atoms with Gasteiger partial charge in [-0.1, -0.05) is 19.1 Å². The summed E-state index contributed by atoms with van der Waals surface area (Å²) in [4.78, 5) is 31.5. The number of benzene rings is 1. The zero-order chi connectivity index (χ0) is 34.8. The van der Waals surface area contributed by atoms with Gasteiger partial charge < -0.3 is 24.3 Å². The molecule has 1 amide bonds. The molecule has 258 valence electrons. The Balaban J connectivity index is 1.17. The Morgan fingerprint density at radius 1 is 1.06 bits per heavy atom. The monoisotopic (exact) mass is 680 g/mol. The van der Waals surface area contributed by atoms with Crippen LogP contribution in [-0.4, -0.2) is 63.0 Å². The minimum atomic E-state index is -4.95. The molecule has 0 unspecified atom stereocenters. The number of amides is 1. The molecule has 48 heavy (non-hydrogen) atoms. The number of carbonyl (C=O) groups excluding carboxylic acids is 1. The molecule has 3 aromatic heterocycles. The van der Waals surface area contributed by atoms with Crippen LogP contribution in [0.15, 0.2) is 47.5 Å². The van der Waals surface area contributed by atoms with Crippen LogP contribution in [0.1, 0.15) is 48.2 Å². The van der Waals surface area contributed by atoms with Gasteiger partial charge in [0, 0.05) is 36.4 Å². The van der Waals surface area contributed by atoms with Gasteiger partial charge >= 0.3 is 12.4 Å². The molecule has 4 heterocycles. The maximum absolute atomic E-state index is 14.0. The van der Waals surface area contributed by atoms with E-state index in [1.807, 2.05) is 11.5 Å². The number of nitrogens with one attached hydrogen (secondary N) is 1. The van der Waals surface area contributed by atoms with Crippen molar-refractivity contribution in [1.29, 1.82) is 0 Å². The lowest BCUT2D eigenvalue weighted by molar-refractivity contribution is -0.139. The molecule has 1 aromatic carbocycles.